The Morgan fingerprint density at radius 1 is 1.28 bits per heavy atom. The highest BCUT2D eigenvalue weighted by Gasteiger charge is 2.29. The van der Waals surface area contributed by atoms with Gasteiger partial charge in [-0.1, -0.05) is 29.8 Å². The van der Waals surface area contributed by atoms with E-state index in [9.17, 15) is 4.79 Å². The number of imidazole rings is 1. The van der Waals surface area contributed by atoms with Gasteiger partial charge in [-0.25, -0.2) is 19.7 Å². The molecule has 1 fully saturated rings. The molecule has 1 aromatic carbocycles. The van der Waals surface area contributed by atoms with Gasteiger partial charge in [0.1, 0.15) is 18.1 Å². The van der Waals surface area contributed by atoms with Crippen LogP contribution in [0.1, 0.15) is 23.0 Å². The van der Waals surface area contributed by atoms with Gasteiger partial charge in [0, 0.05) is 12.3 Å². The number of carbonyl (C=O) groups is 1. The Bertz CT molecular complexity index is 899. The van der Waals surface area contributed by atoms with Crippen molar-refractivity contribution in [1.82, 2.24) is 19.5 Å². The highest BCUT2D eigenvalue weighted by Crippen LogP contribution is 2.31. The summed E-state index contributed by atoms with van der Waals surface area (Å²) in [7, 11) is 0. The van der Waals surface area contributed by atoms with Crippen molar-refractivity contribution in [3.05, 3.63) is 53.7 Å². The quantitative estimate of drug-likeness (QED) is 0.527. The van der Waals surface area contributed by atoms with E-state index in [-0.39, 0.29) is 18.1 Å². The van der Waals surface area contributed by atoms with Crippen LogP contribution in [-0.2, 0) is 9.47 Å². The number of nitrogens with zero attached hydrogens (tertiary/aromatic N) is 4. The fourth-order valence-electron chi connectivity index (χ4n) is 2.86. The second-order valence-corrected chi connectivity index (χ2v) is 6.20. The smallest absolute Gasteiger partial charge is 0.338 e. The lowest BCUT2D eigenvalue weighted by Crippen LogP contribution is -2.14. The van der Waals surface area contributed by atoms with Gasteiger partial charge in [-0.05, 0) is 12.1 Å². The Labute approximate surface area is 148 Å². The van der Waals surface area contributed by atoms with E-state index in [4.69, 9.17) is 21.1 Å². The first-order valence-electron chi connectivity index (χ1n) is 7.89. The SMILES string of the molecule is O=C(OCC1COC(n2cnc3c(Cl)ncnc32)C1)c1ccccc1. The number of aromatic nitrogens is 4. The maximum Gasteiger partial charge on any atom is 0.338 e. The highest BCUT2D eigenvalue weighted by atomic mass is 35.5. The fourth-order valence-corrected chi connectivity index (χ4v) is 3.04. The first kappa shape index (κ1) is 16.0. The zero-order chi connectivity index (χ0) is 17.2. The molecule has 0 bridgehead atoms. The van der Waals surface area contributed by atoms with Gasteiger partial charge < -0.3 is 9.47 Å². The van der Waals surface area contributed by atoms with Gasteiger partial charge in [0.2, 0.25) is 0 Å². The summed E-state index contributed by atoms with van der Waals surface area (Å²) in [5.41, 5.74) is 1.73. The number of rotatable bonds is 4. The molecule has 0 spiro atoms. The second-order valence-electron chi connectivity index (χ2n) is 5.84. The molecule has 0 aliphatic carbocycles. The Kier molecular flexibility index (Phi) is 4.33. The second kappa shape index (κ2) is 6.78. The fraction of sp³-hybridized carbons (Fsp3) is 0.294. The van der Waals surface area contributed by atoms with Gasteiger partial charge in [-0.3, -0.25) is 4.57 Å². The van der Waals surface area contributed by atoms with Crippen molar-refractivity contribution in [2.24, 2.45) is 5.92 Å². The van der Waals surface area contributed by atoms with E-state index in [2.05, 4.69) is 15.0 Å². The molecular formula is C17H15ClN4O3. The average molecular weight is 359 g/mol. The minimum atomic E-state index is -0.323. The Balaban J connectivity index is 1.40. The minimum absolute atomic E-state index is 0.118. The van der Waals surface area contributed by atoms with Crippen LogP contribution >= 0.6 is 11.6 Å². The molecule has 0 radical (unpaired) electrons. The topological polar surface area (TPSA) is 79.1 Å². The molecule has 3 aromatic rings. The molecule has 25 heavy (non-hydrogen) atoms. The van der Waals surface area contributed by atoms with Crippen LogP contribution in [0.15, 0.2) is 43.0 Å². The standard InChI is InChI=1S/C17H15ClN4O3/c18-15-14-16(20-9-19-15)22(10-21-14)13-6-11(7-24-13)8-25-17(23)12-4-2-1-3-5-12/h1-5,9-11,13H,6-8H2. The van der Waals surface area contributed by atoms with Crippen LogP contribution in [0, 0.1) is 5.92 Å². The minimum Gasteiger partial charge on any atom is -0.462 e. The molecular weight excluding hydrogens is 344 g/mol. The van der Waals surface area contributed by atoms with Crippen molar-refractivity contribution in [3.8, 4) is 0 Å². The van der Waals surface area contributed by atoms with Crippen molar-refractivity contribution < 1.29 is 14.3 Å². The molecule has 128 valence electrons. The largest absolute Gasteiger partial charge is 0.462 e. The van der Waals surface area contributed by atoms with Crippen LogP contribution in [0.4, 0.5) is 0 Å². The number of halogens is 1. The summed E-state index contributed by atoms with van der Waals surface area (Å²) in [5.74, 6) is -0.205. The maximum atomic E-state index is 12.0. The zero-order valence-corrected chi connectivity index (χ0v) is 14.0. The first-order chi connectivity index (χ1) is 12.2. The predicted octanol–water partition coefficient (Wildman–Crippen LogP) is 2.87. The average Bonchev–Trinajstić information content (AvgIpc) is 3.27. The molecule has 0 saturated carbocycles. The number of fused-ring (bicyclic) bond motifs is 1. The normalized spacial score (nSPS) is 20.0. The van der Waals surface area contributed by atoms with E-state index >= 15 is 0 Å². The number of benzene rings is 1. The summed E-state index contributed by atoms with van der Waals surface area (Å²) in [6, 6.07) is 8.94. The Morgan fingerprint density at radius 3 is 2.96 bits per heavy atom. The van der Waals surface area contributed by atoms with Crippen LogP contribution in [0.5, 0.6) is 0 Å². The lowest BCUT2D eigenvalue weighted by Gasteiger charge is -2.12. The lowest BCUT2D eigenvalue weighted by molar-refractivity contribution is 0.0390. The number of hydrogen-bond donors (Lipinski definition) is 0. The van der Waals surface area contributed by atoms with E-state index < -0.39 is 0 Å². The van der Waals surface area contributed by atoms with Gasteiger partial charge in [-0.2, -0.15) is 0 Å². The monoisotopic (exact) mass is 358 g/mol. The third-order valence-corrected chi connectivity index (χ3v) is 4.42. The summed E-state index contributed by atoms with van der Waals surface area (Å²) >= 11 is 6.02. The Hall–Kier alpha value is -2.51. The third kappa shape index (κ3) is 3.20. The molecule has 0 amide bonds. The third-order valence-electron chi connectivity index (χ3n) is 4.14. The molecule has 1 saturated heterocycles. The van der Waals surface area contributed by atoms with Crippen molar-refractivity contribution in [2.75, 3.05) is 13.2 Å². The predicted molar refractivity (Wildman–Crippen MR) is 90.2 cm³/mol. The van der Waals surface area contributed by atoms with Crippen molar-refractivity contribution >= 4 is 28.7 Å². The summed E-state index contributed by atoms with van der Waals surface area (Å²) in [6.07, 6.45) is 3.54. The number of hydrogen-bond acceptors (Lipinski definition) is 6. The molecule has 2 atom stereocenters. The van der Waals surface area contributed by atoms with Crippen LogP contribution in [0.3, 0.4) is 0 Å². The van der Waals surface area contributed by atoms with E-state index in [1.807, 2.05) is 22.8 Å². The summed E-state index contributed by atoms with van der Waals surface area (Å²) in [6.45, 7) is 0.817. The van der Waals surface area contributed by atoms with Crippen molar-refractivity contribution in [3.63, 3.8) is 0 Å². The number of ether oxygens (including phenoxy) is 2. The van der Waals surface area contributed by atoms with Crippen LogP contribution in [0.2, 0.25) is 5.15 Å². The summed E-state index contributed by atoms with van der Waals surface area (Å²) < 4.78 is 13.1. The van der Waals surface area contributed by atoms with Gasteiger partial charge in [0.25, 0.3) is 0 Å². The van der Waals surface area contributed by atoms with Gasteiger partial charge >= 0.3 is 5.97 Å². The molecule has 1 aliphatic rings. The van der Waals surface area contributed by atoms with Gasteiger partial charge in [-0.15, -0.1) is 0 Å². The summed E-state index contributed by atoms with van der Waals surface area (Å²) in [4.78, 5) is 24.4. The van der Waals surface area contributed by atoms with Crippen molar-refractivity contribution in [1.29, 1.82) is 0 Å². The first-order valence-corrected chi connectivity index (χ1v) is 8.27. The molecule has 1 aliphatic heterocycles. The van der Waals surface area contributed by atoms with Crippen LogP contribution in [0.25, 0.3) is 11.2 Å². The van der Waals surface area contributed by atoms with Crippen LogP contribution < -0.4 is 0 Å². The van der Waals surface area contributed by atoms with Gasteiger partial charge in [0.05, 0.1) is 25.1 Å². The molecule has 4 rings (SSSR count). The van der Waals surface area contributed by atoms with Crippen molar-refractivity contribution in [2.45, 2.75) is 12.6 Å². The summed E-state index contributed by atoms with van der Waals surface area (Å²) in [5, 5.41) is 0.315. The highest BCUT2D eigenvalue weighted by molar-refractivity contribution is 6.33. The molecule has 2 unspecified atom stereocenters. The molecule has 8 heteroatoms. The zero-order valence-electron chi connectivity index (χ0n) is 13.2. The van der Waals surface area contributed by atoms with E-state index in [0.29, 0.717) is 41.5 Å². The maximum absolute atomic E-state index is 12.0. The lowest BCUT2D eigenvalue weighted by atomic mass is 10.1. The molecule has 0 N–H and O–H groups in total. The van der Waals surface area contributed by atoms with Gasteiger partial charge in [0.15, 0.2) is 10.8 Å². The number of carbonyl (C=O) groups excluding carboxylic acids is 1. The Morgan fingerprint density at radius 2 is 2.12 bits per heavy atom. The van der Waals surface area contributed by atoms with E-state index in [1.54, 1.807) is 18.5 Å². The molecule has 7 nitrogen and oxygen atoms in total. The number of esters is 1. The van der Waals surface area contributed by atoms with Crippen LogP contribution in [-0.4, -0.2) is 38.7 Å². The van der Waals surface area contributed by atoms with E-state index in [0.717, 1.165) is 0 Å². The molecule has 2 aromatic heterocycles. The van der Waals surface area contributed by atoms with E-state index in [1.165, 1.54) is 6.33 Å². The molecule has 3 heterocycles.